The lowest BCUT2D eigenvalue weighted by Crippen LogP contribution is -2.29. The van der Waals surface area contributed by atoms with Gasteiger partial charge >= 0.3 is 0 Å². The van der Waals surface area contributed by atoms with E-state index in [0.29, 0.717) is 18.7 Å². The van der Waals surface area contributed by atoms with Gasteiger partial charge in [-0.25, -0.2) is 0 Å². The van der Waals surface area contributed by atoms with Crippen LogP contribution in [0.5, 0.6) is 0 Å². The highest BCUT2D eigenvalue weighted by Gasteiger charge is 2.29. The molecule has 1 amide bonds. The zero-order valence-corrected chi connectivity index (χ0v) is 19.0. The highest BCUT2D eigenvalue weighted by Crippen LogP contribution is 2.33. The normalized spacial score (nSPS) is 17.9. The topological polar surface area (TPSA) is 67.8 Å². The minimum absolute atomic E-state index is 0.00637. The number of carbonyl (C=O) groups is 1. The van der Waals surface area contributed by atoms with E-state index in [-0.39, 0.29) is 24.2 Å². The molecule has 4 rings (SSSR count). The van der Waals surface area contributed by atoms with E-state index >= 15 is 0 Å². The summed E-state index contributed by atoms with van der Waals surface area (Å²) in [5, 5.41) is 12.1. The monoisotopic (exact) mass is 493 g/mol. The van der Waals surface area contributed by atoms with E-state index in [1.54, 1.807) is 0 Å². The van der Waals surface area contributed by atoms with Crippen molar-refractivity contribution in [2.45, 2.75) is 31.8 Å². The Bertz CT molecular complexity index is 1070. The molecule has 2 atom stereocenters. The van der Waals surface area contributed by atoms with Gasteiger partial charge in [-0.1, -0.05) is 70.5 Å². The van der Waals surface area contributed by atoms with Crippen LogP contribution < -0.4 is 5.32 Å². The van der Waals surface area contributed by atoms with Gasteiger partial charge in [-0.2, -0.15) is 0 Å². The van der Waals surface area contributed by atoms with E-state index in [1.807, 2.05) is 84.9 Å². The summed E-state index contributed by atoms with van der Waals surface area (Å²) in [6.45, 7) is 0.351. The smallest absolute Gasteiger partial charge is 0.290 e. The minimum atomic E-state index is -0.567. The molecule has 1 aliphatic heterocycles. The Balaban J connectivity index is 1.50. The number of amides is 1. The number of hydrogen-bond donors (Lipinski definition) is 2. The van der Waals surface area contributed by atoms with Crippen LogP contribution in [0.15, 0.2) is 95.2 Å². The molecule has 3 aromatic rings. The lowest BCUT2D eigenvalue weighted by atomic mass is 9.93. The maximum atomic E-state index is 12.9. The third kappa shape index (κ3) is 5.85. The second-order valence-corrected chi connectivity index (χ2v) is 8.49. The Morgan fingerprint density at radius 1 is 1.00 bits per heavy atom. The fraction of sp³-hybridized carbons (Fsp3) is 0.192. The van der Waals surface area contributed by atoms with E-state index in [9.17, 15) is 9.90 Å². The first-order chi connectivity index (χ1) is 15.6. The van der Waals surface area contributed by atoms with Crippen molar-refractivity contribution in [2.24, 2.45) is 0 Å². The van der Waals surface area contributed by atoms with E-state index in [4.69, 9.17) is 9.47 Å². The van der Waals surface area contributed by atoms with Gasteiger partial charge in [-0.3, -0.25) is 4.79 Å². The Morgan fingerprint density at radius 3 is 2.38 bits per heavy atom. The van der Waals surface area contributed by atoms with Crippen molar-refractivity contribution in [3.8, 4) is 0 Å². The predicted octanol–water partition coefficient (Wildman–Crippen LogP) is 5.51. The van der Waals surface area contributed by atoms with E-state index in [2.05, 4.69) is 21.2 Å². The van der Waals surface area contributed by atoms with Gasteiger partial charge in [-0.05, 0) is 47.0 Å². The Labute approximate surface area is 195 Å². The van der Waals surface area contributed by atoms with Crippen LogP contribution in [0.3, 0.4) is 0 Å². The number of aliphatic hydroxyl groups is 1. The maximum Gasteiger partial charge on any atom is 0.290 e. The third-order valence-corrected chi connectivity index (χ3v) is 5.78. The van der Waals surface area contributed by atoms with E-state index in [0.717, 1.165) is 21.2 Å². The average Bonchev–Trinajstić information content (AvgIpc) is 2.84. The maximum absolute atomic E-state index is 12.9. The molecule has 1 aliphatic rings. The summed E-state index contributed by atoms with van der Waals surface area (Å²) in [5.41, 5.74) is 3.60. The Morgan fingerprint density at radius 2 is 1.69 bits per heavy atom. The number of para-hydroxylation sites is 1. The first-order valence-electron chi connectivity index (χ1n) is 10.4. The molecule has 0 fully saturated rings. The van der Waals surface area contributed by atoms with E-state index < -0.39 is 6.29 Å². The molecule has 32 heavy (non-hydrogen) atoms. The molecule has 0 radical (unpaired) electrons. The van der Waals surface area contributed by atoms with Crippen molar-refractivity contribution in [3.05, 3.63) is 112 Å². The van der Waals surface area contributed by atoms with Gasteiger partial charge in [0.2, 0.25) is 6.29 Å². The average molecular weight is 494 g/mol. The molecule has 0 bridgehead atoms. The molecular formula is C26H24BrNO4. The summed E-state index contributed by atoms with van der Waals surface area (Å²) in [6, 6.07) is 24.9. The Kier molecular flexibility index (Phi) is 7.37. The fourth-order valence-corrected chi connectivity index (χ4v) is 3.77. The zero-order valence-electron chi connectivity index (χ0n) is 17.4. The summed E-state index contributed by atoms with van der Waals surface area (Å²) < 4.78 is 13.0. The second-order valence-electron chi connectivity index (χ2n) is 7.58. The summed E-state index contributed by atoms with van der Waals surface area (Å²) in [6.07, 6.45) is 1.89. The molecule has 2 N–H and O–H groups in total. The van der Waals surface area contributed by atoms with Crippen LogP contribution in [0.1, 0.15) is 29.0 Å². The van der Waals surface area contributed by atoms with Crippen LogP contribution in [0.2, 0.25) is 0 Å². The van der Waals surface area contributed by atoms with Crippen LogP contribution in [0.4, 0.5) is 5.69 Å². The molecular weight excluding hydrogens is 470 g/mol. The number of carbonyl (C=O) groups excluding carboxylic acids is 1. The number of anilines is 1. The zero-order chi connectivity index (χ0) is 22.3. The second kappa shape index (κ2) is 10.6. The number of ether oxygens (including phenoxy) is 2. The molecule has 0 unspecified atom stereocenters. The predicted molar refractivity (Wildman–Crippen MR) is 127 cm³/mol. The highest BCUT2D eigenvalue weighted by atomic mass is 79.9. The van der Waals surface area contributed by atoms with Gasteiger partial charge in [0.25, 0.3) is 5.91 Å². The highest BCUT2D eigenvalue weighted by molar-refractivity contribution is 9.10. The number of hydrogen-bond acceptors (Lipinski definition) is 4. The third-order valence-electron chi connectivity index (χ3n) is 5.25. The lowest BCUT2D eigenvalue weighted by Gasteiger charge is -2.29. The summed E-state index contributed by atoms with van der Waals surface area (Å²) in [5.74, 6) is -0.0808. The molecule has 5 nitrogen and oxygen atoms in total. The number of benzene rings is 3. The van der Waals surface area contributed by atoms with Crippen LogP contribution in [0, 0.1) is 0 Å². The quantitative estimate of drug-likeness (QED) is 0.455. The minimum Gasteiger partial charge on any atom is -0.459 e. The van der Waals surface area contributed by atoms with Crippen LogP contribution in [0.25, 0.3) is 0 Å². The van der Waals surface area contributed by atoms with Crippen LogP contribution in [-0.2, 0) is 27.5 Å². The van der Waals surface area contributed by atoms with Crippen molar-refractivity contribution >= 4 is 27.5 Å². The molecule has 0 saturated heterocycles. The first kappa shape index (κ1) is 22.3. The van der Waals surface area contributed by atoms with Crippen molar-refractivity contribution in [3.63, 3.8) is 0 Å². The first-order valence-corrected chi connectivity index (χ1v) is 11.2. The number of halogens is 1. The molecule has 1 heterocycles. The van der Waals surface area contributed by atoms with Crippen molar-refractivity contribution in [1.82, 2.24) is 0 Å². The van der Waals surface area contributed by atoms with Gasteiger partial charge in [0.1, 0.15) is 0 Å². The molecule has 0 aliphatic carbocycles. The Hall–Kier alpha value is -2.93. The number of nitrogens with one attached hydrogen (secondary N) is 1. The summed E-state index contributed by atoms with van der Waals surface area (Å²) in [4.78, 5) is 12.9. The van der Waals surface area contributed by atoms with Crippen molar-refractivity contribution in [1.29, 1.82) is 0 Å². The number of rotatable bonds is 7. The molecule has 0 aromatic heterocycles. The van der Waals surface area contributed by atoms with Crippen LogP contribution >= 0.6 is 15.9 Å². The number of allylic oxidation sites excluding steroid dienone is 1. The lowest BCUT2D eigenvalue weighted by molar-refractivity contribution is -0.147. The van der Waals surface area contributed by atoms with Gasteiger partial charge < -0.3 is 19.9 Å². The molecule has 3 aromatic carbocycles. The van der Waals surface area contributed by atoms with Crippen molar-refractivity contribution in [2.75, 3.05) is 5.32 Å². The fourth-order valence-electron chi connectivity index (χ4n) is 3.50. The SMILES string of the molecule is O=C(Nc1ccccc1)C1=C[C@H](c2ccc(Br)cc2)C[C@H](OCc2ccc(CO)cc2)O1. The van der Waals surface area contributed by atoms with Crippen molar-refractivity contribution < 1.29 is 19.4 Å². The van der Waals surface area contributed by atoms with Crippen LogP contribution in [-0.4, -0.2) is 17.3 Å². The van der Waals surface area contributed by atoms with Gasteiger partial charge in [0.05, 0.1) is 13.2 Å². The van der Waals surface area contributed by atoms with Gasteiger partial charge in [0.15, 0.2) is 5.76 Å². The van der Waals surface area contributed by atoms with Gasteiger partial charge in [0, 0.05) is 22.5 Å². The van der Waals surface area contributed by atoms with Gasteiger partial charge in [-0.15, -0.1) is 0 Å². The van der Waals surface area contributed by atoms with E-state index in [1.165, 1.54) is 0 Å². The standard InChI is InChI=1S/C26H24BrNO4/c27-22-12-10-20(11-13-22)21-14-24(26(30)28-23-4-2-1-3-5-23)32-25(15-21)31-17-19-8-6-18(16-29)7-9-19/h1-14,21,25,29H,15-17H2,(H,28,30)/t21-,25+/m0/s1. The molecule has 164 valence electrons. The summed E-state index contributed by atoms with van der Waals surface area (Å²) in [7, 11) is 0. The summed E-state index contributed by atoms with van der Waals surface area (Å²) >= 11 is 3.47. The molecule has 6 heteroatoms. The number of aliphatic hydroxyl groups excluding tert-OH is 1. The largest absolute Gasteiger partial charge is 0.459 e. The molecule has 0 saturated carbocycles. The molecule has 0 spiro atoms.